The van der Waals surface area contributed by atoms with Crippen molar-refractivity contribution in [2.24, 2.45) is 5.73 Å². The van der Waals surface area contributed by atoms with E-state index in [1.165, 1.54) is 0 Å². The van der Waals surface area contributed by atoms with Crippen molar-refractivity contribution in [2.45, 2.75) is 12.8 Å². The third-order valence-corrected chi connectivity index (χ3v) is 2.22. The Morgan fingerprint density at radius 1 is 1.38 bits per heavy atom. The molecule has 0 aromatic heterocycles. The molecule has 0 fully saturated rings. The number of nitrogens with two attached hydrogens (primary N) is 1. The van der Waals surface area contributed by atoms with Crippen LogP contribution in [0.1, 0.15) is 12.8 Å². The molecular weight excluding hydrogens is 160 g/mol. The van der Waals surface area contributed by atoms with E-state index in [9.17, 15) is 0 Å². The molecule has 0 spiro atoms. The summed E-state index contributed by atoms with van der Waals surface area (Å²) in [7, 11) is 2.13. The average Bonchev–Trinajstić information content (AvgIpc) is 2.10. The summed E-state index contributed by atoms with van der Waals surface area (Å²) < 4.78 is 0. The second-order valence-electron chi connectivity index (χ2n) is 3.54. The molecule has 0 aromatic rings. The molecular formula is C11H18N2. The lowest BCUT2D eigenvalue weighted by Crippen LogP contribution is -2.21. The lowest BCUT2D eigenvalue weighted by Gasteiger charge is -2.16. The minimum Gasteiger partial charge on any atom is -0.399 e. The highest BCUT2D eigenvalue weighted by molar-refractivity contribution is 5.24. The van der Waals surface area contributed by atoms with Crippen LogP contribution in [0, 0.1) is 0 Å². The Hall–Kier alpha value is -1.02. The largest absolute Gasteiger partial charge is 0.399 e. The number of nitrogens with zero attached hydrogens (tertiary/aromatic N) is 1. The zero-order valence-corrected chi connectivity index (χ0v) is 8.29. The maximum Gasteiger partial charge on any atom is 0.0274 e. The van der Waals surface area contributed by atoms with Crippen molar-refractivity contribution in [1.82, 2.24) is 4.90 Å². The molecule has 0 saturated carbocycles. The van der Waals surface area contributed by atoms with Crippen LogP contribution in [-0.2, 0) is 0 Å². The minimum absolute atomic E-state index is 0.844. The van der Waals surface area contributed by atoms with Gasteiger partial charge in [-0.2, -0.15) is 0 Å². The first-order chi connectivity index (χ1) is 6.18. The van der Waals surface area contributed by atoms with Gasteiger partial charge in [0.1, 0.15) is 0 Å². The Balaban J connectivity index is 2.63. The van der Waals surface area contributed by atoms with Gasteiger partial charge in [0.05, 0.1) is 0 Å². The molecule has 1 aliphatic rings. The molecule has 2 N–H and O–H groups in total. The smallest absolute Gasteiger partial charge is 0.0274 e. The fraction of sp³-hybridized carbons (Fsp3) is 0.455. The fourth-order valence-electron chi connectivity index (χ4n) is 1.26. The van der Waals surface area contributed by atoms with Crippen LogP contribution in [0.2, 0.25) is 0 Å². The van der Waals surface area contributed by atoms with E-state index >= 15 is 0 Å². The van der Waals surface area contributed by atoms with Gasteiger partial charge in [0.15, 0.2) is 0 Å². The fourth-order valence-corrected chi connectivity index (χ4v) is 1.26. The molecule has 2 heteroatoms. The van der Waals surface area contributed by atoms with E-state index in [4.69, 9.17) is 5.73 Å². The van der Waals surface area contributed by atoms with Gasteiger partial charge in [-0.3, -0.25) is 0 Å². The third kappa shape index (κ3) is 3.95. The summed E-state index contributed by atoms with van der Waals surface area (Å²) in [5.74, 6) is 0. The molecule has 1 aliphatic heterocycles. The molecule has 1 heterocycles. The molecule has 0 radical (unpaired) electrons. The number of rotatable bonds is 0. The predicted molar refractivity (Wildman–Crippen MR) is 57.3 cm³/mol. The predicted octanol–water partition coefficient (Wildman–Crippen LogP) is 1.67. The summed E-state index contributed by atoms with van der Waals surface area (Å²) in [6.07, 6.45) is 8.06. The zero-order chi connectivity index (χ0) is 9.68. The van der Waals surface area contributed by atoms with Gasteiger partial charge in [-0.05, 0) is 26.0 Å². The van der Waals surface area contributed by atoms with Crippen molar-refractivity contribution in [3.63, 3.8) is 0 Å². The van der Waals surface area contributed by atoms with Crippen LogP contribution < -0.4 is 5.73 Å². The van der Waals surface area contributed by atoms with Crippen LogP contribution in [0.5, 0.6) is 0 Å². The maximum atomic E-state index is 5.75. The van der Waals surface area contributed by atoms with Crippen molar-refractivity contribution >= 4 is 0 Å². The Bertz CT molecular complexity index is 238. The summed E-state index contributed by atoms with van der Waals surface area (Å²) in [6.45, 7) is 6.11. The van der Waals surface area contributed by atoms with E-state index in [2.05, 4.69) is 24.6 Å². The molecule has 0 amide bonds. The molecule has 0 atom stereocenters. The lowest BCUT2D eigenvalue weighted by atomic mass is 10.1. The number of hydrogen-bond donors (Lipinski definition) is 1. The zero-order valence-electron chi connectivity index (χ0n) is 8.29. The number of allylic oxidation sites excluding steroid dienone is 2. The number of hydrogen-bond acceptors (Lipinski definition) is 2. The van der Waals surface area contributed by atoms with Gasteiger partial charge < -0.3 is 10.6 Å². The van der Waals surface area contributed by atoms with Crippen molar-refractivity contribution < 1.29 is 0 Å². The summed E-state index contributed by atoms with van der Waals surface area (Å²) in [4.78, 5) is 2.30. The van der Waals surface area contributed by atoms with Crippen LogP contribution in [-0.4, -0.2) is 25.0 Å². The van der Waals surface area contributed by atoms with E-state index in [0.29, 0.717) is 0 Å². The first-order valence-electron chi connectivity index (χ1n) is 4.68. The quantitative estimate of drug-likeness (QED) is 0.611. The first-order valence-corrected chi connectivity index (χ1v) is 4.68. The second-order valence-corrected chi connectivity index (χ2v) is 3.54. The normalized spacial score (nSPS) is 27.8. The van der Waals surface area contributed by atoms with E-state index in [0.717, 1.165) is 37.2 Å². The first kappa shape index (κ1) is 10.1. The molecule has 72 valence electrons. The Kier molecular flexibility index (Phi) is 3.77. The Morgan fingerprint density at radius 2 is 2.15 bits per heavy atom. The van der Waals surface area contributed by atoms with Crippen LogP contribution in [0.4, 0.5) is 0 Å². The van der Waals surface area contributed by atoms with Gasteiger partial charge in [0.2, 0.25) is 0 Å². The summed E-state index contributed by atoms with van der Waals surface area (Å²) in [6, 6.07) is 0. The van der Waals surface area contributed by atoms with Crippen LogP contribution in [0.25, 0.3) is 0 Å². The van der Waals surface area contributed by atoms with E-state index < -0.39 is 0 Å². The molecule has 0 bridgehead atoms. The Morgan fingerprint density at radius 3 is 2.92 bits per heavy atom. The highest BCUT2D eigenvalue weighted by Gasteiger charge is 1.99. The van der Waals surface area contributed by atoms with Crippen molar-refractivity contribution in [2.75, 3.05) is 20.1 Å². The molecule has 0 aliphatic carbocycles. The average molecular weight is 178 g/mol. The van der Waals surface area contributed by atoms with Crippen molar-refractivity contribution in [3.05, 3.63) is 36.1 Å². The van der Waals surface area contributed by atoms with Crippen LogP contribution in [0.15, 0.2) is 36.1 Å². The maximum absolute atomic E-state index is 5.75. The van der Waals surface area contributed by atoms with Gasteiger partial charge >= 0.3 is 0 Å². The minimum atomic E-state index is 0.844. The summed E-state index contributed by atoms with van der Waals surface area (Å²) in [5.41, 5.74) is 7.73. The van der Waals surface area contributed by atoms with E-state index in [1.54, 1.807) is 0 Å². The van der Waals surface area contributed by atoms with Crippen molar-refractivity contribution in [3.8, 4) is 0 Å². The standard InChI is InChI=1S/C11H18N2/c1-10-5-6-11(12)4-3-8-13(2)9-7-10/h4-6H,1,3,7-9,12H2,2H3/b6-5-,11-4+. The topological polar surface area (TPSA) is 29.3 Å². The third-order valence-electron chi connectivity index (χ3n) is 2.22. The highest BCUT2D eigenvalue weighted by Crippen LogP contribution is 2.06. The molecule has 2 nitrogen and oxygen atoms in total. The molecule has 0 aromatic carbocycles. The lowest BCUT2D eigenvalue weighted by molar-refractivity contribution is 0.345. The second kappa shape index (κ2) is 4.87. The van der Waals surface area contributed by atoms with Gasteiger partial charge in [-0.25, -0.2) is 0 Å². The SMILES string of the molecule is C=C1/C=C\C(N)=C/CCN(C)CC1. The highest BCUT2D eigenvalue weighted by atomic mass is 15.1. The van der Waals surface area contributed by atoms with Gasteiger partial charge in [0, 0.05) is 18.8 Å². The summed E-state index contributed by atoms with van der Waals surface area (Å²) in [5, 5.41) is 0. The molecule has 1 rings (SSSR count). The summed E-state index contributed by atoms with van der Waals surface area (Å²) >= 11 is 0. The molecule has 0 unspecified atom stereocenters. The molecule has 0 saturated heterocycles. The van der Waals surface area contributed by atoms with E-state index in [1.807, 2.05) is 12.2 Å². The molecule has 13 heavy (non-hydrogen) atoms. The van der Waals surface area contributed by atoms with Crippen LogP contribution in [0.3, 0.4) is 0 Å². The Labute approximate surface area is 80.4 Å². The van der Waals surface area contributed by atoms with Crippen LogP contribution >= 0.6 is 0 Å². The van der Waals surface area contributed by atoms with Crippen molar-refractivity contribution in [1.29, 1.82) is 0 Å². The van der Waals surface area contributed by atoms with E-state index in [-0.39, 0.29) is 0 Å². The van der Waals surface area contributed by atoms with Gasteiger partial charge in [-0.1, -0.05) is 24.3 Å². The van der Waals surface area contributed by atoms with Gasteiger partial charge in [0.25, 0.3) is 0 Å². The van der Waals surface area contributed by atoms with Gasteiger partial charge in [-0.15, -0.1) is 0 Å². The monoisotopic (exact) mass is 178 g/mol.